The molecular formula is C28H26Cl3F3N4O4S. The van der Waals surface area contributed by atoms with Gasteiger partial charge in [0.25, 0.3) is 5.91 Å². The number of anilines is 1. The highest BCUT2D eigenvalue weighted by molar-refractivity contribution is 7.87. The molecule has 230 valence electrons. The third kappa shape index (κ3) is 8.41. The van der Waals surface area contributed by atoms with Crippen molar-refractivity contribution in [3.63, 3.8) is 0 Å². The molecular weight excluding hydrogens is 652 g/mol. The Balaban J connectivity index is 0.00000506. The lowest BCUT2D eigenvalue weighted by atomic mass is 10.2. The zero-order valence-electron chi connectivity index (χ0n) is 22.9. The van der Waals surface area contributed by atoms with E-state index in [0.29, 0.717) is 34.6 Å². The zero-order valence-corrected chi connectivity index (χ0v) is 26.1. The molecule has 0 atom stereocenters. The van der Waals surface area contributed by atoms with Crippen LogP contribution >= 0.6 is 35.6 Å². The van der Waals surface area contributed by atoms with Crippen molar-refractivity contribution in [1.82, 2.24) is 14.5 Å². The number of imidazole rings is 1. The van der Waals surface area contributed by atoms with Gasteiger partial charge >= 0.3 is 16.3 Å². The van der Waals surface area contributed by atoms with E-state index in [-0.39, 0.29) is 52.2 Å². The lowest BCUT2D eigenvalue weighted by Gasteiger charge is -2.13. The fourth-order valence-corrected chi connectivity index (χ4v) is 5.65. The van der Waals surface area contributed by atoms with Gasteiger partial charge in [0.15, 0.2) is 5.69 Å². The van der Waals surface area contributed by atoms with Crippen LogP contribution in [0.4, 0.5) is 19.0 Å². The molecule has 0 aliphatic carbocycles. The normalized spacial score (nSPS) is 11.7. The van der Waals surface area contributed by atoms with Crippen molar-refractivity contribution in [1.29, 1.82) is 0 Å². The summed E-state index contributed by atoms with van der Waals surface area (Å²) in [6, 6.07) is 12.7. The van der Waals surface area contributed by atoms with Gasteiger partial charge in [-0.25, -0.2) is 9.97 Å². The first kappa shape index (κ1) is 34.2. The summed E-state index contributed by atoms with van der Waals surface area (Å²) in [5.41, 5.74) is 0.292. The molecule has 0 spiro atoms. The van der Waals surface area contributed by atoms with E-state index in [1.807, 2.05) is 13.8 Å². The van der Waals surface area contributed by atoms with Crippen LogP contribution in [0, 0.1) is 12.8 Å². The number of amides is 1. The Bertz CT molecular complexity index is 1710. The fourth-order valence-electron chi connectivity index (χ4n) is 3.91. The van der Waals surface area contributed by atoms with Crippen molar-refractivity contribution in [2.24, 2.45) is 5.92 Å². The number of rotatable bonds is 9. The van der Waals surface area contributed by atoms with Gasteiger partial charge in [0, 0.05) is 22.5 Å². The standard InChI is InChI=1S/C28H25Cl2F3N4O4S.ClH/c1-16(2)12-13-42(39,40)41-21-8-6-20(7-9-21)37-17(3)25(36-26(37)22-10-5-19(29)14-23(22)30)27(38)35-24-11-4-18(15-34-24)28(31,32)33;/h4-11,14-16H,12-13H2,1-3H3,(H,34,35,38);1H. The Morgan fingerprint density at radius 2 is 1.74 bits per heavy atom. The maximum absolute atomic E-state index is 13.2. The average molecular weight is 678 g/mol. The van der Waals surface area contributed by atoms with Gasteiger partial charge in [-0.3, -0.25) is 9.36 Å². The molecule has 15 heteroatoms. The Kier molecular flexibility index (Phi) is 10.8. The highest BCUT2D eigenvalue weighted by Gasteiger charge is 2.31. The molecule has 1 amide bonds. The minimum absolute atomic E-state index is 0. The number of aromatic nitrogens is 3. The van der Waals surface area contributed by atoms with E-state index in [1.165, 1.54) is 18.2 Å². The third-order valence-electron chi connectivity index (χ3n) is 6.09. The van der Waals surface area contributed by atoms with Crippen LogP contribution < -0.4 is 9.50 Å². The summed E-state index contributed by atoms with van der Waals surface area (Å²) in [5, 5.41) is 3.10. The Morgan fingerprint density at radius 1 is 1.07 bits per heavy atom. The molecule has 2 aromatic carbocycles. The number of alkyl halides is 3. The molecule has 4 rings (SSSR count). The first-order chi connectivity index (χ1) is 19.6. The molecule has 2 aromatic heterocycles. The molecule has 0 aliphatic rings. The van der Waals surface area contributed by atoms with Crippen molar-refractivity contribution in [2.75, 3.05) is 11.1 Å². The van der Waals surface area contributed by atoms with Crippen LogP contribution in [-0.4, -0.2) is 34.6 Å². The smallest absolute Gasteiger partial charge is 0.382 e. The van der Waals surface area contributed by atoms with E-state index in [1.54, 1.807) is 35.8 Å². The van der Waals surface area contributed by atoms with Crippen molar-refractivity contribution in [2.45, 2.75) is 33.4 Å². The van der Waals surface area contributed by atoms with Crippen LogP contribution in [-0.2, 0) is 16.3 Å². The van der Waals surface area contributed by atoms with Gasteiger partial charge < -0.3 is 9.50 Å². The number of hydrogen-bond acceptors (Lipinski definition) is 6. The number of carbonyl (C=O) groups is 1. The van der Waals surface area contributed by atoms with Crippen molar-refractivity contribution in [3.8, 4) is 22.8 Å². The molecule has 0 saturated heterocycles. The van der Waals surface area contributed by atoms with Gasteiger partial charge in [-0.05, 0) is 73.9 Å². The Morgan fingerprint density at radius 3 is 2.30 bits per heavy atom. The van der Waals surface area contributed by atoms with Crippen LogP contribution in [0.2, 0.25) is 10.0 Å². The molecule has 0 bridgehead atoms. The molecule has 0 aliphatic heterocycles. The zero-order chi connectivity index (χ0) is 30.8. The minimum atomic E-state index is -4.57. The molecule has 4 aromatic rings. The van der Waals surface area contributed by atoms with E-state index >= 15 is 0 Å². The number of halogens is 6. The SMILES string of the molecule is Cc1c(C(=O)Nc2ccc(C(F)(F)F)cn2)nc(-c2ccc(Cl)cc2Cl)n1-c1ccc(OS(=O)(=O)CCC(C)C)cc1.Cl. The largest absolute Gasteiger partial charge is 0.417 e. The number of nitrogens with one attached hydrogen (secondary N) is 1. The van der Waals surface area contributed by atoms with Crippen LogP contribution in [0.1, 0.15) is 42.0 Å². The van der Waals surface area contributed by atoms with Gasteiger partial charge in [0.1, 0.15) is 17.4 Å². The molecule has 0 saturated carbocycles. The van der Waals surface area contributed by atoms with Gasteiger partial charge in [-0.1, -0.05) is 37.0 Å². The lowest BCUT2D eigenvalue weighted by molar-refractivity contribution is -0.137. The third-order valence-corrected chi connectivity index (χ3v) is 7.82. The first-order valence-corrected chi connectivity index (χ1v) is 14.9. The van der Waals surface area contributed by atoms with E-state index in [4.69, 9.17) is 27.4 Å². The maximum atomic E-state index is 13.2. The molecule has 43 heavy (non-hydrogen) atoms. The topological polar surface area (TPSA) is 103 Å². The second kappa shape index (κ2) is 13.5. The minimum Gasteiger partial charge on any atom is -0.382 e. The van der Waals surface area contributed by atoms with E-state index in [2.05, 4.69) is 15.3 Å². The predicted octanol–water partition coefficient (Wildman–Crippen LogP) is 8.00. The number of benzene rings is 2. The van der Waals surface area contributed by atoms with Gasteiger partial charge in [-0.15, -0.1) is 12.4 Å². The number of hydrogen-bond donors (Lipinski definition) is 1. The highest BCUT2D eigenvalue weighted by Crippen LogP contribution is 2.34. The number of nitrogens with zero attached hydrogens (tertiary/aromatic N) is 3. The summed E-state index contributed by atoms with van der Waals surface area (Å²) in [6.45, 7) is 5.45. The molecule has 1 N–H and O–H groups in total. The van der Waals surface area contributed by atoms with Crippen LogP contribution in [0.15, 0.2) is 60.8 Å². The van der Waals surface area contributed by atoms with Gasteiger partial charge in [0.2, 0.25) is 0 Å². The molecule has 0 unspecified atom stereocenters. The van der Waals surface area contributed by atoms with Crippen molar-refractivity contribution >= 4 is 57.5 Å². The molecule has 8 nitrogen and oxygen atoms in total. The number of pyridine rings is 1. The van der Waals surface area contributed by atoms with Crippen molar-refractivity contribution < 1.29 is 30.6 Å². The lowest BCUT2D eigenvalue weighted by Crippen LogP contribution is -2.16. The fraction of sp³-hybridized carbons (Fsp3) is 0.250. The second-order valence-corrected chi connectivity index (χ2v) is 12.3. The van der Waals surface area contributed by atoms with E-state index < -0.39 is 27.8 Å². The summed E-state index contributed by atoms with van der Waals surface area (Å²) < 4.78 is 70.2. The summed E-state index contributed by atoms with van der Waals surface area (Å²) >= 11 is 12.5. The van der Waals surface area contributed by atoms with Gasteiger partial charge in [-0.2, -0.15) is 21.6 Å². The van der Waals surface area contributed by atoms with Crippen molar-refractivity contribution in [3.05, 3.63) is 87.8 Å². The van der Waals surface area contributed by atoms with Gasteiger partial charge in [0.05, 0.1) is 22.0 Å². The average Bonchev–Trinajstić information content (AvgIpc) is 3.24. The number of carbonyl (C=O) groups excluding carboxylic acids is 1. The summed E-state index contributed by atoms with van der Waals surface area (Å²) in [5.74, 6) is -0.391. The summed E-state index contributed by atoms with van der Waals surface area (Å²) in [4.78, 5) is 21.4. The predicted molar refractivity (Wildman–Crippen MR) is 162 cm³/mol. The Hall–Kier alpha value is -3.32. The van der Waals surface area contributed by atoms with Crippen LogP contribution in [0.5, 0.6) is 5.75 Å². The van der Waals surface area contributed by atoms with Crippen LogP contribution in [0.3, 0.4) is 0 Å². The van der Waals surface area contributed by atoms with Crippen LogP contribution in [0.25, 0.3) is 17.1 Å². The first-order valence-electron chi connectivity index (χ1n) is 12.6. The summed E-state index contributed by atoms with van der Waals surface area (Å²) in [6.07, 6.45) is -3.50. The maximum Gasteiger partial charge on any atom is 0.417 e. The molecule has 2 heterocycles. The highest BCUT2D eigenvalue weighted by atomic mass is 35.5. The molecule has 0 radical (unpaired) electrons. The van der Waals surface area contributed by atoms with E-state index in [0.717, 1.165) is 12.1 Å². The van der Waals surface area contributed by atoms with E-state index in [9.17, 15) is 26.4 Å². The summed E-state index contributed by atoms with van der Waals surface area (Å²) in [7, 11) is -3.79. The monoisotopic (exact) mass is 676 g/mol. The Labute approximate surface area is 262 Å². The quantitative estimate of drug-likeness (QED) is 0.180. The molecule has 0 fully saturated rings. The second-order valence-electron chi connectivity index (χ2n) is 9.73.